The summed E-state index contributed by atoms with van der Waals surface area (Å²) in [6.45, 7) is 2.16. The first kappa shape index (κ1) is 22.3. The molecule has 1 amide bonds. The molecule has 0 radical (unpaired) electrons. The molecule has 4 rings (SSSR count). The first-order valence-corrected chi connectivity index (χ1v) is 10.7. The van der Waals surface area contributed by atoms with Gasteiger partial charge in [-0.25, -0.2) is 23.1 Å². The van der Waals surface area contributed by atoms with E-state index in [0.29, 0.717) is 45.6 Å². The lowest BCUT2D eigenvalue weighted by Gasteiger charge is -2.40. The van der Waals surface area contributed by atoms with Gasteiger partial charge in [-0.05, 0) is 12.1 Å². The Morgan fingerprint density at radius 1 is 1.12 bits per heavy atom. The van der Waals surface area contributed by atoms with Gasteiger partial charge in [0.2, 0.25) is 5.95 Å². The van der Waals surface area contributed by atoms with Gasteiger partial charge >= 0.3 is 0 Å². The number of halogens is 3. The fourth-order valence-corrected chi connectivity index (χ4v) is 4.19. The van der Waals surface area contributed by atoms with Crippen LogP contribution in [0.4, 0.5) is 19.1 Å². The zero-order chi connectivity index (χ0) is 22.7. The van der Waals surface area contributed by atoms with Crippen molar-refractivity contribution >= 4 is 11.9 Å². The first-order valence-electron chi connectivity index (χ1n) is 10.7. The molecule has 2 aliphatic rings. The van der Waals surface area contributed by atoms with Crippen LogP contribution in [0.25, 0.3) is 0 Å². The SMILES string of the molecule is Nc1ncc(CN2CCC(F)(C(=O)N3CCC(Oc4ccc(F)cc4F)CC3)CC2)cn1. The van der Waals surface area contributed by atoms with Crippen LogP contribution in [0.3, 0.4) is 0 Å². The van der Waals surface area contributed by atoms with Crippen molar-refractivity contribution in [3.05, 3.63) is 47.8 Å². The molecule has 32 heavy (non-hydrogen) atoms. The molecule has 0 atom stereocenters. The summed E-state index contributed by atoms with van der Waals surface area (Å²) in [6, 6.07) is 3.16. The highest BCUT2D eigenvalue weighted by molar-refractivity contribution is 5.85. The molecule has 1 aromatic heterocycles. The maximum Gasteiger partial charge on any atom is 0.260 e. The van der Waals surface area contributed by atoms with Gasteiger partial charge < -0.3 is 15.4 Å². The third-order valence-electron chi connectivity index (χ3n) is 6.08. The van der Waals surface area contributed by atoms with Crippen molar-refractivity contribution in [3.8, 4) is 5.75 Å². The minimum atomic E-state index is -1.88. The van der Waals surface area contributed by atoms with E-state index >= 15 is 4.39 Å². The van der Waals surface area contributed by atoms with E-state index in [0.717, 1.165) is 17.7 Å². The molecule has 0 aliphatic carbocycles. The van der Waals surface area contributed by atoms with Crippen LogP contribution in [-0.2, 0) is 11.3 Å². The van der Waals surface area contributed by atoms with E-state index in [1.54, 1.807) is 12.4 Å². The van der Waals surface area contributed by atoms with E-state index in [4.69, 9.17) is 10.5 Å². The molecule has 0 bridgehead atoms. The number of carbonyl (C=O) groups excluding carboxylic acids is 1. The second-order valence-corrected chi connectivity index (χ2v) is 8.38. The van der Waals surface area contributed by atoms with E-state index in [2.05, 4.69) is 14.9 Å². The van der Waals surface area contributed by atoms with Crippen molar-refractivity contribution in [1.82, 2.24) is 19.8 Å². The van der Waals surface area contributed by atoms with Gasteiger partial charge in [-0.3, -0.25) is 9.69 Å². The molecule has 2 N–H and O–H groups in total. The van der Waals surface area contributed by atoms with E-state index < -0.39 is 23.2 Å². The van der Waals surface area contributed by atoms with Crippen molar-refractivity contribution in [1.29, 1.82) is 0 Å². The molecule has 10 heteroatoms. The molecular weight excluding hydrogens is 423 g/mol. The number of amides is 1. The zero-order valence-corrected chi connectivity index (χ0v) is 17.6. The molecule has 2 aromatic rings. The van der Waals surface area contributed by atoms with Crippen molar-refractivity contribution < 1.29 is 22.7 Å². The average Bonchev–Trinajstić information content (AvgIpc) is 2.79. The summed E-state index contributed by atoms with van der Waals surface area (Å²) in [7, 11) is 0. The number of benzene rings is 1. The smallest absolute Gasteiger partial charge is 0.260 e. The van der Waals surface area contributed by atoms with E-state index in [1.165, 1.54) is 11.0 Å². The number of piperidine rings is 2. The number of hydrogen-bond acceptors (Lipinski definition) is 6. The van der Waals surface area contributed by atoms with Gasteiger partial charge in [0, 0.05) is 82.4 Å². The van der Waals surface area contributed by atoms with Gasteiger partial charge in [0.1, 0.15) is 11.9 Å². The Kier molecular flexibility index (Phi) is 6.50. The molecule has 0 saturated carbocycles. The van der Waals surface area contributed by atoms with Gasteiger partial charge in [-0.1, -0.05) is 0 Å². The largest absolute Gasteiger partial charge is 0.487 e. The number of nitrogen functional groups attached to an aromatic ring is 1. The van der Waals surface area contributed by atoms with Crippen LogP contribution in [-0.4, -0.2) is 63.6 Å². The minimum absolute atomic E-state index is 0.0167. The highest BCUT2D eigenvalue weighted by atomic mass is 19.1. The van der Waals surface area contributed by atoms with Crippen LogP contribution in [0.2, 0.25) is 0 Å². The van der Waals surface area contributed by atoms with Crippen molar-refractivity contribution in [2.45, 2.75) is 44.0 Å². The third kappa shape index (κ3) is 5.12. The Hall–Kier alpha value is -2.88. The predicted octanol–water partition coefficient (Wildman–Crippen LogP) is 2.71. The fraction of sp³-hybridized carbons (Fsp3) is 0.500. The summed E-state index contributed by atoms with van der Waals surface area (Å²) in [6.07, 6.45) is 4.16. The summed E-state index contributed by atoms with van der Waals surface area (Å²) in [5.41, 5.74) is 4.49. The third-order valence-corrected chi connectivity index (χ3v) is 6.08. The van der Waals surface area contributed by atoms with Crippen LogP contribution in [0.15, 0.2) is 30.6 Å². The number of likely N-dealkylation sites (tertiary alicyclic amines) is 2. The number of alkyl halides is 1. The van der Waals surface area contributed by atoms with Crippen molar-refractivity contribution in [2.24, 2.45) is 0 Å². The Morgan fingerprint density at radius 2 is 1.78 bits per heavy atom. The van der Waals surface area contributed by atoms with Gasteiger partial charge in [-0.15, -0.1) is 0 Å². The fourth-order valence-electron chi connectivity index (χ4n) is 4.19. The molecule has 0 spiro atoms. The van der Waals surface area contributed by atoms with E-state index in [1.807, 2.05) is 0 Å². The number of rotatable bonds is 5. The normalized spacial score (nSPS) is 19.7. The number of carbonyl (C=O) groups is 1. The van der Waals surface area contributed by atoms with Gasteiger partial charge in [0.05, 0.1) is 0 Å². The lowest BCUT2D eigenvalue weighted by Crippen LogP contribution is -2.54. The second-order valence-electron chi connectivity index (χ2n) is 8.38. The second kappa shape index (κ2) is 9.32. The molecule has 172 valence electrons. The topological polar surface area (TPSA) is 84.6 Å². The maximum absolute atomic E-state index is 15.5. The quantitative estimate of drug-likeness (QED) is 0.756. The lowest BCUT2D eigenvalue weighted by atomic mass is 9.90. The summed E-state index contributed by atoms with van der Waals surface area (Å²) in [4.78, 5) is 24.4. The molecule has 2 saturated heterocycles. The Labute approximate surface area is 184 Å². The maximum atomic E-state index is 15.5. The van der Waals surface area contributed by atoms with Crippen molar-refractivity contribution in [3.63, 3.8) is 0 Å². The number of nitrogens with zero attached hydrogens (tertiary/aromatic N) is 4. The van der Waals surface area contributed by atoms with Gasteiger partial charge in [0.15, 0.2) is 17.2 Å². The first-order chi connectivity index (χ1) is 15.3. The van der Waals surface area contributed by atoms with Gasteiger partial charge in [-0.2, -0.15) is 0 Å². The molecule has 7 nitrogen and oxygen atoms in total. The summed E-state index contributed by atoms with van der Waals surface area (Å²) in [5.74, 6) is -1.73. The number of nitrogens with two attached hydrogens (primary N) is 1. The average molecular weight is 449 g/mol. The highest BCUT2D eigenvalue weighted by Gasteiger charge is 2.44. The minimum Gasteiger partial charge on any atom is -0.487 e. The highest BCUT2D eigenvalue weighted by Crippen LogP contribution is 2.31. The number of anilines is 1. The Bertz CT molecular complexity index is 943. The molecular formula is C22H26F3N5O2. The Morgan fingerprint density at radius 3 is 2.41 bits per heavy atom. The summed E-state index contributed by atoms with van der Waals surface area (Å²) >= 11 is 0. The van der Waals surface area contributed by atoms with Crippen LogP contribution in [0.1, 0.15) is 31.2 Å². The Balaban J connectivity index is 1.26. The van der Waals surface area contributed by atoms with Crippen LogP contribution >= 0.6 is 0 Å². The molecule has 1 aromatic carbocycles. The summed E-state index contributed by atoms with van der Waals surface area (Å²) < 4.78 is 47.9. The molecule has 2 fully saturated rings. The number of hydrogen-bond donors (Lipinski definition) is 1. The van der Waals surface area contributed by atoms with Gasteiger partial charge in [0.25, 0.3) is 5.91 Å². The number of aromatic nitrogens is 2. The monoisotopic (exact) mass is 449 g/mol. The standard InChI is InChI=1S/C22H26F3N5O2/c23-16-1-2-19(18(24)11-16)32-17-3-7-30(8-4-17)20(31)22(25)5-9-29(10-6-22)14-15-12-27-21(26)28-13-15/h1-2,11-13,17H,3-10,14H2,(H2,26,27,28). The zero-order valence-electron chi connectivity index (χ0n) is 17.6. The number of ether oxygens (including phenoxy) is 1. The van der Waals surface area contributed by atoms with Crippen LogP contribution < -0.4 is 10.5 Å². The predicted molar refractivity (Wildman–Crippen MR) is 111 cm³/mol. The van der Waals surface area contributed by atoms with Crippen LogP contribution in [0.5, 0.6) is 5.75 Å². The lowest BCUT2D eigenvalue weighted by molar-refractivity contribution is -0.149. The molecule has 3 heterocycles. The molecule has 0 unspecified atom stereocenters. The van der Waals surface area contributed by atoms with Crippen molar-refractivity contribution in [2.75, 3.05) is 31.9 Å². The summed E-state index contributed by atoms with van der Waals surface area (Å²) in [5, 5.41) is 0. The van der Waals surface area contributed by atoms with E-state index in [-0.39, 0.29) is 30.6 Å². The van der Waals surface area contributed by atoms with Crippen LogP contribution in [0, 0.1) is 11.6 Å². The van der Waals surface area contributed by atoms with E-state index in [9.17, 15) is 13.6 Å². The molecule has 2 aliphatic heterocycles.